The molecule has 6 nitrogen and oxygen atoms in total. The Morgan fingerprint density at radius 1 is 0.909 bits per heavy atom. The second kappa shape index (κ2) is 7.30. The van der Waals surface area contributed by atoms with Crippen LogP contribution in [0.3, 0.4) is 0 Å². The molecule has 3 heterocycles. The molecule has 2 amide bonds. The van der Waals surface area contributed by atoms with Gasteiger partial charge in [0.2, 0.25) is 11.8 Å². The van der Waals surface area contributed by atoms with Crippen molar-refractivity contribution < 1.29 is 19.1 Å². The molecule has 3 aliphatic rings. The Labute approximate surface area is 191 Å². The maximum atomic E-state index is 13.6. The van der Waals surface area contributed by atoms with Crippen LogP contribution >= 0.6 is 0 Å². The fraction of sp³-hybridized carbons (Fsp3) is 0.222. The van der Waals surface area contributed by atoms with E-state index >= 15 is 0 Å². The molecule has 3 aromatic rings. The second-order valence-electron chi connectivity index (χ2n) is 8.57. The van der Waals surface area contributed by atoms with Crippen molar-refractivity contribution in [3.05, 3.63) is 78.4 Å². The first-order chi connectivity index (χ1) is 16.1. The van der Waals surface area contributed by atoms with Gasteiger partial charge < -0.3 is 9.64 Å². The standard InChI is InChI=1S/C27H22N2O4/c1-2-33-27(32)24-23-22(25(30)28(26(23)31)17-9-4-3-5-10-17)21-15-13-19-18-11-7-6-8-16(18)12-14-20(19)29(21)24/h3-15,21-24H,2H2,1H3/t21-,22-,23-,24+/m1/s1. The number of imide groups is 1. The normalized spacial score (nSPS) is 25.2. The highest BCUT2D eigenvalue weighted by Crippen LogP contribution is 2.50. The molecule has 164 valence electrons. The van der Waals surface area contributed by atoms with Crippen LogP contribution in [-0.4, -0.2) is 36.5 Å². The van der Waals surface area contributed by atoms with Gasteiger partial charge in [0.15, 0.2) is 0 Å². The summed E-state index contributed by atoms with van der Waals surface area (Å²) >= 11 is 0. The van der Waals surface area contributed by atoms with Crippen LogP contribution in [0.15, 0.2) is 72.8 Å². The third-order valence-electron chi connectivity index (χ3n) is 6.96. The Balaban J connectivity index is 1.51. The molecule has 2 saturated heterocycles. The van der Waals surface area contributed by atoms with Gasteiger partial charge in [-0.1, -0.05) is 60.7 Å². The molecule has 0 aromatic heterocycles. The molecule has 3 aromatic carbocycles. The molecule has 0 saturated carbocycles. The van der Waals surface area contributed by atoms with Crippen LogP contribution in [0.5, 0.6) is 0 Å². The van der Waals surface area contributed by atoms with E-state index in [0.717, 1.165) is 22.0 Å². The van der Waals surface area contributed by atoms with E-state index in [2.05, 4.69) is 0 Å². The number of ether oxygens (including phenoxy) is 1. The summed E-state index contributed by atoms with van der Waals surface area (Å²) in [6.07, 6.45) is 3.98. The smallest absolute Gasteiger partial charge is 0.329 e. The highest BCUT2D eigenvalue weighted by Gasteiger charge is 2.64. The number of rotatable bonds is 3. The zero-order valence-corrected chi connectivity index (χ0v) is 18.0. The fourth-order valence-corrected chi connectivity index (χ4v) is 5.66. The monoisotopic (exact) mass is 438 g/mol. The molecule has 2 fully saturated rings. The Morgan fingerprint density at radius 3 is 2.42 bits per heavy atom. The first-order valence-electron chi connectivity index (χ1n) is 11.2. The molecule has 0 spiro atoms. The zero-order valence-electron chi connectivity index (χ0n) is 18.0. The number of carbonyl (C=O) groups excluding carboxylic acids is 3. The second-order valence-corrected chi connectivity index (χ2v) is 8.57. The number of hydrogen-bond donors (Lipinski definition) is 0. The molecule has 3 aliphatic heterocycles. The van der Waals surface area contributed by atoms with Crippen molar-refractivity contribution in [2.75, 3.05) is 16.4 Å². The number of nitrogens with zero attached hydrogens (tertiary/aromatic N) is 2. The molecule has 0 N–H and O–H groups in total. The molecule has 6 heteroatoms. The summed E-state index contributed by atoms with van der Waals surface area (Å²) in [6, 6.07) is 19.7. The molecule has 0 bridgehead atoms. The summed E-state index contributed by atoms with van der Waals surface area (Å²) in [5, 5.41) is 2.15. The van der Waals surface area contributed by atoms with Crippen molar-refractivity contribution in [1.82, 2.24) is 0 Å². The highest BCUT2D eigenvalue weighted by molar-refractivity contribution is 6.24. The van der Waals surface area contributed by atoms with Gasteiger partial charge in [0.05, 0.1) is 30.2 Å². The number of fused-ring (bicyclic) bond motifs is 7. The lowest BCUT2D eigenvalue weighted by Gasteiger charge is -2.36. The SMILES string of the molecule is CCOC(=O)[C@@H]1[C@@H]2C(=O)N(c3ccccc3)C(=O)[C@@H]2[C@H]2C=Cc3c(ccc4ccccc34)N21. The van der Waals surface area contributed by atoms with E-state index in [4.69, 9.17) is 4.74 Å². The number of para-hydroxylation sites is 1. The van der Waals surface area contributed by atoms with E-state index in [9.17, 15) is 14.4 Å². The van der Waals surface area contributed by atoms with Crippen LogP contribution in [0, 0.1) is 11.8 Å². The lowest BCUT2D eigenvalue weighted by molar-refractivity contribution is -0.147. The Bertz CT molecular complexity index is 1330. The van der Waals surface area contributed by atoms with Gasteiger partial charge in [-0.2, -0.15) is 0 Å². The predicted octanol–water partition coefficient (Wildman–Crippen LogP) is 3.79. The van der Waals surface area contributed by atoms with Gasteiger partial charge in [0, 0.05) is 11.3 Å². The van der Waals surface area contributed by atoms with Gasteiger partial charge in [-0.05, 0) is 35.9 Å². The van der Waals surface area contributed by atoms with Gasteiger partial charge in [-0.15, -0.1) is 0 Å². The minimum absolute atomic E-state index is 0.205. The van der Waals surface area contributed by atoms with Crippen molar-refractivity contribution >= 4 is 46.0 Å². The molecule has 33 heavy (non-hydrogen) atoms. The van der Waals surface area contributed by atoms with Crippen molar-refractivity contribution in [3.8, 4) is 0 Å². The van der Waals surface area contributed by atoms with Gasteiger partial charge in [-0.25, -0.2) is 9.69 Å². The molecular weight excluding hydrogens is 416 g/mol. The summed E-state index contributed by atoms with van der Waals surface area (Å²) in [7, 11) is 0. The number of benzene rings is 3. The molecule has 4 atom stereocenters. The van der Waals surface area contributed by atoms with E-state index in [0.29, 0.717) is 5.69 Å². The summed E-state index contributed by atoms with van der Waals surface area (Å²) in [5.74, 6) is -2.54. The van der Waals surface area contributed by atoms with Crippen LogP contribution in [0.4, 0.5) is 11.4 Å². The summed E-state index contributed by atoms with van der Waals surface area (Å²) in [4.78, 5) is 43.6. The van der Waals surface area contributed by atoms with E-state index in [1.165, 1.54) is 4.90 Å². The van der Waals surface area contributed by atoms with Crippen LogP contribution in [0.2, 0.25) is 0 Å². The summed E-state index contributed by atoms with van der Waals surface area (Å²) in [5.41, 5.74) is 2.36. The van der Waals surface area contributed by atoms with E-state index in [1.807, 2.05) is 59.5 Å². The minimum Gasteiger partial charge on any atom is -0.464 e. The fourth-order valence-electron chi connectivity index (χ4n) is 5.66. The molecular formula is C27H22N2O4. The number of hydrogen-bond acceptors (Lipinski definition) is 5. The maximum absolute atomic E-state index is 13.6. The lowest BCUT2D eigenvalue weighted by atomic mass is 9.88. The Kier molecular flexibility index (Phi) is 4.37. The first kappa shape index (κ1) is 19.7. The predicted molar refractivity (Wildman–Crippen MR) is 126 cm³/mol. The van der Waals surface area contributed by atoms with Gasteiger partial charge >= 0.3 is 5.97 Å². The third-order valence-corrected chi connectivity index (χ3v) is 6.96. The minimum atomic E-state index is -0.866. The average molecular weight is 438 g/mol. The van der Waals surface area contributed by atoms with Crippen molar-refractivity contribution in [3.63, 3.8) is 0 Å². The summed E-state index contributed by atoms with van der Waals surface area (Å²) < 4.78 is 5.42. The van der Waals surface area contributed by atoms with Crippen molar-refractivity contribution in [2.45, 2.75) is 19.0 Å². The van der Waals surface area contributed by atoms with Crippen LogP contribution < -0.4 is 9.80 Å². The van der Waals surface area contributed by atoms with Crippen molar-refractivity contribution in [2.24, 2.45) is 11.8 Å². The van der Waals surface area contributed by atoms with Gasteiger partial charge in [0.1, 0.15) is 6.04 Å². The molecule has 6 rings (SSSR count). The molecule has 0 aliphatic carbocycles. The van der Waals surface area contributed by atoms with Crippen molar-refractivity contribution in [1.29, 1.82) is 0 Å². The number of carbonyl (C=O) groups is 3. The largest absolute Gasteiger partial charge is 0.464 e. The van der Waals surface area contributed by atoms with Crippen LogP contribution in [0.1, 0.15) is 12.5 Å². The lowest BCUT2D eigenvalue weighted by Crippen LogP contribution is -2.49. The number of esters is 1. The van der Waals surface area contributed by atoms with E-state index in [-0.39, 0.29) is 18.4 Å². The highest BCUT2D eigenvalue weighted by atomic mass is 16.5. The van der Waals surface area contributed by atoms with Crippen LogP contribution in [0.25, 0.3) is 16.8 Å². The number of amides is 2. The van der Waals surface area contributed by atoms with Gasteiger partial charge in [-0.3, -0.25) is 9.59 Å². The van der Waals surface area contributed by atoms with E-state index in [1.54, 1.807) is 31.2 Å². The average Bonchev–Trinajstić information content (AvgIpc) is 3.32. The van der Waals surface area contributed by atoms with Crippen LogP contribution in [-0.2, 0) is 19.1 Å². The maximum Gasteiger partial charge on any atom is 0.329 e. The Morgan fingerprint density at radius 2 is 1.64 bits per heavy atom. The third kappa shape index (κ3) is 2.70. The zero-order chi connectivity index (χ0) is 22.7. The first-order valence-corrected chi connectivity index (χ1v) is 11.2. The molecule has 0 radical (unpaired) electrons. The van der Waals surface area contributed by atoms with Gasteiger partial charge in [0.25, 0.3) is 0 Å². The quantitative estimate of drug-likeness (QED) is 0.460. The molecule has 0 unspecified atom stereocenters. The topological polar surface area (TPSA) is 66.9 Å². The summed E-state index contributed by atoms with van der Waals surface area (Å²) in [6.45, 7) is 1.95. The Hall–Kier alpha value is -3.93. The van der Waals surface area contributed by atoms with E-state index < -0.39 is 29.9 Å². The number of anilines is 2.